The number of Topliss-reactive ketones (excluding diaryl/α,β-unsaturated/α-hetero) is 1. The Bertz CT molecular complexity index is 1050. The number of hydrogen-bond acceptors (Lipinski definition) is 8. The van der Waals surface area contributed by atoms with Crippen molar-refractivity contribution >= 4 is 21.8 Å². The zero-order valence-corrected chi connectivity index (χ0v) is 17.8. The van der Waals surface area contributed by atoms with E-state index < -0.39 is 22.6 Å². The summed E-state index contributed by atoms with van der Waals surface area (Å²) in [5.74, 6) is 0.457. The highest BCUT2D eigenvalue weighted by Crippen LogP contribution is 2.32. The van der Waals surface area contributed by atoms with Crippen molar-refractivity contribution < 1.29 is 37.0 Å². The highest BCUT2D eigenvalue weighted by atomic mass is 32.2. The van der Waals surface area contributed by atoms with Crippen LogP contribution in [-0.4, -0.2) is 53.6 Å². The van der Waals surface area contributed by atoms with Gasteiger partial charge in [-0.2, -0.15) is 0 Å². The number of fused-ring (bicyclic) bond motifs is 1. The number of esters is 1. The van der Waals surface area contributed by atoms with Crippen LogP contribution >= 0.6 is 0 Å². The van der Waals surface area contributed by atoms with E-state index in [-0.39, 0.29) is 30.1 Å². The minimum atomic E-state index is -3.76. The second-order valence-corrected chi connectivity index (χ2v) is 8.39. The summed E-state index contributed by atoms with van der Waals surface area (Å²) in [7, 11) is -2.27. The molecular weight excluding hydrogens is 426 g/mol. The summed E-state index contributed by atoms with van der Waals surface area (Å²) in [4.78, 5) is 24.0. The molecule has 0 bridgehead atoms. The standard InChI is InChI=1S/C21H23NO8S/c1-27-16-5-2-4-15(12-16)18(23)14-30-21(24)6-3-9-22-31(25,26)17-7-8-19-20(13-17)29-11-10-28-19/h2,4-5,7-8,12-13,22H,3,6,9-11,14H2,1H3. The topological polar surface area (TPSA) is 117 Å². The van der Waals surface area contributed by atoms with Gasteiger partial charge in [0.2, 0.25) is 10.0 Å². The fourth-order valence-corrected chi connectivity index (χ4v) is 3.90. The molecule has 1 aliphatic heterocycles. The van der Waals surface area contributed by atoms with Crippen LogP contribution in [0, 0.1) is 0 Å². The third-order valence-electron chi connectivity index (χ3n) is 4.43. The average molecular weight is 449 g/mol. The summed E-state index contributed by atoms with van der Waals surface area (Å²) in [5.41, 5.74) is 0.374. The van der Waals surface area contributed by atoms with Gasteiger partial charge in [-0.25, -0.2) is 13.1 Å². The van der Waals surface area contributed by atoms with Gasteiger partial charge >= 0.3 is 5.97 Å². The zero-order valence-electron chi connectivity index (χ0n) is 17.0. The lowest BCUT2D eigenvalue weighted by molar-refractivity contribution is -0.142. The lowest BCUT2D eigenvalue weighted by atomic mass is 10.1. The SMILES string of the molecule is COc1cccc(C(=O)COC(=O)CCCNS(=O)(=O)c2ccc3c(c2)OCCO3)c1. The van der Waals surface area contributed by atoms with E-state index in [4.69, 9.17) is 18.9 Å². The number of benzene rings is 2. The first-order chi connectivity index (χ1) is 14.9. The number of rotatable bonds is 10. The first kappa shape index (κ1) is 22.6. The molecule has 10 heteroatoms. The van der Waals surface area contributed by atoms with Gasteiger partial charge in [0.05, 0.1) is 12.0 Å². The molecule has 2 aromatic carbocycles. The second kappa shape index (κ2) is 10.3. The molecule has 1 heterocycles. The van der Waals surface area contributed by atoms with E-state index in [2.05, 4.69) is 4.72 Å². The predicted octanol–water partition coefficient (Wildman–Crippen LogP) is 1.95. The van der Waals surface area contributed by atoms with Crippen molar-refractivity contribution in [2.45, 2.75) is 17.7 Å². The van der Waals surface area contributed by atoms with Crippen LogP contribution in [0.15, 0.2) is 47.4 Å². The number of hydrogen-bond donors (Lipinski definition) is 1. The first-order valence-electron chi connectivity index (χ1n) is 9.61. The summed E-state index contributed by atoms with van der Waals surface area (Å²) in [6.45, 7) is 0.412. The van der Waals surface area contributed by atoms with E-state index in [9.17, 15) is 18.0 Å². The Balaban J connectivity index is 1.41. The number of methoxy groups -OCH3 is 1. The maximum Gasteiger partial charge on any atom is 0.306 e. The maximum absolute atomic E-state index is 12.4. The molecule has 0 spiro atoms. The highest BCUT2D eigenvalue weighted by Gasteiger charge is 2.19. The molecule has 0 saturated heterocycles. The molecule has 2 aromatic rings. The van der Waals surface area contributed by atoms with E-state index >= 15 is 0 Å². The second-order valence-electron chi connectivity index (χ2n) is 6.62. The van der Waals surface area contributed by atoms with E-state index in [1.165, 1.54) is 19.2 Å². The molecule has 3 rings (SSSR count). The van der Waals surface area contributed by atoms with Crippen LogP contribution in [0.1, 0.15) is 23.2 Å². The molecule has 1 N–H and O–H groups in total. The molecule has 9 nitrogen and oxygen atoms in total. The van der Waals surface area contributed by atoms with Crippen molar-refractivity contribution in [2.24, 2.45) is 0 Å². The fraction of sp³-hybridized carbons (Fsp3) is 0.333. The fourth-order valence-electron chi connectivity index (χ4n) is 2.81. The van der Waals surface area contributed by atoms with Gasteiger partial charge in [-0.05, 0) is 30.7 Å². The summed E-state index contributed by atoms with van der Waals surface area (Å²) >= 11 is 0. The molecule has 0 radical (unpaired) electrons. The number of carbonyl (C=O) groups excluding carboxylic acids is 2. The summed E-state index contributed by atoms with van der Waals surface area (Å²) in [6, 6.07) is 10.9. The third kappa shape index (κ3) is 6.19. The van der Waals surface area contributed by atoms with Gasteiger partial charge < -0.3 is 18.9 Å². The molecule has 1 aliphatic rings. The van der Waals surface area contributed by atoms with E-state index in [0.29, 0.717) is 36.0 Å². The van der Waals surface area contributed by atoms with Gasteiger partial charge in [0.1, 0.15) is 19.0 Å². The summed E-state index contributed by atoms with van der Waals surface area (Å²) in [6.07, 6.45) is 0.186. The maximum atomic E-state index is 12.4. The van der Waals surface area contributed by atoms with Crippen molar-refractivity contribution in [2.75, 3.05) is 33.5 Å². The number of ketones is 1. The van der Waals surface area contributed by atoms with Crippen LogP contribution in [0.5, 0.6) is 17.2 Å². The van der Waals surface area contributed by atoms with Gasteiger partial charge in [-0.1, -0.05) is 12.1 Å². The minimum Gasteiger partial charge on any atom is -0.497 e. The van der Waals surface area contributed by atoms with Crippen molar-refractivity contribution in [3.63, 3.8) is 0 Å². The van der Waals surface area contributed by atoms with Gasteiger partial charge in [0, 0.05) is 24.6 Å². The minimum absolute atomic E-state index is 0.0327. The number of nitrogens with one attached hydrogen (secondary N) is 1. The smallest absolute Gasteiger partial charge is 0.306 e. The van der Waals surface area contributed by atoms with Crippen molar-refractivity contribution in [1.82, 2.24) is 4.72 Å². The lowest BCUT2D eigenvalue weighted by Crippen LogP contribution is -2.26. The number of carbonyl (C=O) groups is 2. The van der Waals surface area contributed by atoms with E-state index in [1.54, 1.807) is 30.3 Å². The Hall–Kier alpha value is -3.11. The Labute approximate surface area is 180 Å². The van der Waals surface area contributed by atoms with Gasteiger partial charge in [-0.15, -0.1) is 0 Å². The van der Waals surface area contributed by atoms with Gasteiger partial charge in [0.15, 0.2) is 23.9 Å². The molecule has 0 saturated carbocycles. The molecule has 0 amide bonds. The third-order valence-corrected chi connectivity index (χ3v) is 5.89. The predicted molar refractivity (Wildman–Crippen MR) is 110 cm³/mol. The van der Waals surface area contributed by atoms with Crippen LogP contribution in [0.3, 0.4) is 0 Å². The van der Waals surface area contributed by atoms with Crippen molar-refractivity contribution in [3.05, 3.63) is 48.0 Å². The molecule has 0 aromatic heterocycles. The van der Waals surface area contributed by atoms with Gasteiger partial charge in [0.25, 0.3) is 0 Å². The van der Waals surface area contributed by atoms with Crippen LogP contribution in [-0.2, 0) is 19.6 Å². The van der Waals surface area contributed by atoms with Crippen molar-refractivity contribution in [3.8, 4) is 17.2 Å². The molecule has 166 valence electrons. The molecule has 0 fully saturated rings. The number of sulfonamides is 1. The Kier molecular flexibility index (Phi) is 7.48. The number of ether oxygens (including phenoxy) is 4. The average Bonchev–Trinajstić information content (AvgIpc) is 2.80. The van der Waals surface area contributed by atoms with Crippen LogP contribution in [0.25, 0.3) is 0 Å². The van der Waals surface area contributed by atoms with E-state index in [0.717, 1.165) is 0 Å². The van der Waals surface area contributed by atoms with Crippen molar-refractivity contribution in [1.29, 1.82) is 0 Å². The summed E-state index contributed by atoms with van der Waals surface area (Å²) in [5, 5.41) is 0. The quantitative estimate of drug-likeness (QED) is 0.332. The monoisotopic (exact) mass is 449 g/mol. The Morgan fingerprint density at radius 3 is 2.61 bits per heavy atom. The lowest BCUT2D eigenvalue weighted by Gasteiger charge is -2.18. The zero-order chi connectivity index (χ0) is 22.3. The normalized spacial score (nSPS) is 12.8. The van der Waals surface area contributed by atoms with Crippen LogP contribution in [0.4, 0.5) is 0 Å². The molecule has 31 heavy (non-hydrogen) atoms. The molecule has 0 atom stereocenters. The van der Waals surface area contributed by atoms with Gasteiger partial charge in [-0.3, -0.25) is 9.59 Å². The Morgan fingerprint density at radius 1 is 1.06 bits per heavy atom. The van der Waals surface area contributed by atoms with Crippen LogP contribution < -0.4 is 18.9 Å². The van der Waals surface area contributed by atoms with E-state index in [1.807, 2.05) is 0 Å². The molecule has 0 unspecified atom stereocenters. The first-order valence-corrected chi connectivity index (χ1v) is 11.1. The molecular formula is C21H23NO8S. The molecule has 0 aliphatic carbocycles. The Morgan fingerprint density at radius 2 is 1.84 bits per heavy atom. The highest BCUT2D eigenvalue weighted by molar-refractivity contribution is 7.89. The summed E-state index contributed by atoms with van der Waals surface area (Å²) < 4.78 is 48.0. The largest absolute Gasteiger partial charge is 0.497 e. The van der Waals surface area contributed by atoms with Crippen LogP contribution in [0.2, 0.25) is 0 Å².